The Kier molecular flexibility index (Phi) is 4.60. The van der Waals surface area contributed by atoms with Crippen LogP contribution in [0.3, 0.4) is 0 Å². The lowest BCUT2D eigenvalue weighted by Crippen LogP contribution is -2.40. The van der Waals surface area contributed by atoms with Gasteiger partial charge in [0.15, 0.2) is 0 Å². The minimum absolute atomic E-state index is 0.116. The molecule has 1 amide bonds. The Bertz CT molecular complexity index is 535. The first-order valence-corrected chi connectivity index (χ1v) is 6.84. The molecule has 0 radical (unpaired) electrons. The summed E-state index contributed by atoms with van der Waals surface area (Å²) in [6.45, 7) is 0. The summed E-state index contributed by atoms with van der Waals surface area (Å²) in [5.41, 5.74) is -0.116. The van der Waals surface area contributed by atoms with Crippen molar-refractivity contribution in [3.63, 3.8) is 0 Å². The smallest absolute Gasteiger partial charge is 0.306 e. The highest BCUT2D eigenvalue weighted by molar-refractivity contribution is 6.31. The fraction of sp³-hybridized carbons (Fsp3) is 0.429. The molecule has 0 aromatic heterocycles. The summed E-state index contributed by atoms with van der Waals surface area (Å²) < 4.78 is 13.6. The highest BCUT2D eigenvalue weighted by Gasteiger charge is 2.28. The summed E-state index contributed by atoms with van der Waals surface area (Å²) in [7, 11) is 0. The zero-order valence-corrected chi connectivity index (χ0v) is 11.5. The number of carbonyl (C=O) groups is 2. The van der Waals surface area contributed by atoms with Crippen LogP contribution in [0.2, 0.25) is 5.02 Å². The number of carboxylic acids is 1. The van der Waals surface area contributed by atoms with Gasteiger partial charge in [-0.3, -0.25) is 9.59 Å². The molecule has 1 aliphatic rings. The number of nitrogens with one attached hydrogen (secondary N) is 1. The topological polar surface area (TPSA) is 66.4 Å². The van der Waals surface area contributed by atoms with Crippen LogP contribution in [0, 0.1) is 11.7 Å². The summed E-state index contributed by atoms with van der Waals surface area (Å²) in [5, 5.41) is 12.0. The Hall–Kier alpha value is -1.62. The third-order valence-electron chi connectivity index (χ3n) is 3.53. The van der Waals surface area contributed by atoms with E-state index in [0.717, 1.165) is 12.5 Å². The molecule has 1 fully saturated rings. The number of hydrogen-bond acceptors (Lipinski definition) is 2. The van der Waals surface area contributed by atoms with Crippen molar-refractivity contribution in [1.82, 2.24) is 5.32 Å². The molecule has 2 N–H and O–H groups in total. The van der Waals surface area contributed by atoms with Gasteiger partial charge in [0.05, 0.1) is 11.5 Å². The van der Waals surface area contributed by atoms with Crippen LogP contribution >= 0.6 is 11.6 Å². The van der Waals surface area contributed by atoms with Gasteiger partial charge in [0.25, 0.3) is 5.91 Å². The number of halogens is 2. The Labute approximate surface area is 120 Å². The molecule has 1 aliphatic carbocycles. The zero-order valence-electron chi connectivity index (χ0n) is 10.7. The number of carboxylic acid groups (broad SMARTS) is 1. The first kappa shape index (κ1) is 14.8. The molecule has 0 bridgehead atoms. The van der Waals surface area contributed by atoms with E-state index >= 15 is 0 Å². The van der Waals surface area contributed by atoms with Crippen molar-refractivity contribution in [3.8, 4) is 0 Å². The first-order valence-electron chi connectivity index (χ1n) is 6.46. The lowest BCUT2D eigenvalue weighted by molar-refractivity contribution is -0.143. The molecule has 1 aromatic rings. The van der Waals surface area contributed by atoms with Crippen molar-refractivity contribution in [2.75, 3.05) is 0 Å². The molecule has 2 unspecified atom stereocenters. The average molecular weight is 300 g/mol. The molecule has 20 heavy (non-hydrogen) atoms. The lowest BCUT2D eigenvalue weighted by atomic mass is 9.85. The van der Waals surface area contributed by atoms with Crippen LogP contribution in [0.4, 0.5) is 4.39 Å². The van der Waals surface area contributed by atoms with Crippen molar-refractivity contribution < 1.29 is 19.1 Å². The van der Waals surface area contributed by atoms with E-state index in [1.807, 2.05) is 0 Å². The molecule has 6 heteroatoms. The second kappa shape index (κ2) is 6.22. The van der Waals surface area contributed by atoms with Crippen molar-refractivity contribution in [3.05, 3.63) is 34.6 Å². The standard InChI is InChI=1S/C14H15ClFNO3/c15-9-4-5-12(16)11(7-9)13(18)17-10-3-1-2-8(6-10)14(19)20/h4-5,7-8,10H,1-3,6H2,(H,17,18)(H,19,20). The van der Waals surface area contributed by atoms with E-state index in [1.54, 1.807) is 0 Å². The van der Waals surface area contributed by atoms with Crippen molar-refractivity contribution in [1.29, 1.82) is 0 Å². The number of amides is 1. The van der Waals surface area contributed by atoms with Crippen molar-refractivity contribution >= 4 is 23.5 Å². The molecular formula is C14H15ClFNO3. The molecule has 108 valence electrons. The van der Waals surface area contributed by atoms with Crippen LogP contribution in [0.25, 0.3) is 0 Å². The SMILES string of the molecule is O=C(NC1CCCC(C(=O)O)C1)c1cc(Cl)ccc1F. The van der Waals surface area contributed by atoms with Gasteiger partial charge in [-0.25, -0.2) is 4.39 Å². The largest absolute Gasteiger partial charge is 0.481 e. The molecular weight excluding hydrogens is 285 g/mol. The van der Waals surface area contributed by atoms with Gasteiger partial charge in [0.2, 0.25) is 0 Å². The highest BCUT2D eigenvalue weighted by Crippen LogP contribution is 2.25. The minimum atomic E-state index is -0.849. The summed E-state index contributed by atoms with van der Waals surface area (Å²) in [6, 6.07) is 3.53. The second-order valence-corrected chi connectivity index (χ2v) is 5.43. The molecule has 2 atom stereocenters. The quantitative estimate of drug-likeness (QED) is 0.902. The lowest BCUT2D eigenvalue weighted by Gasteiger charge is -2.27. The van der Waals surface area contributed by atoms with E-state index in [-0.39, 0.29) is 16.6 Å². The van der Waals surface area contributed by atoms with Gasteiger partial charge in [-0.15, -0.1) is 0 Å². The third kappa shape index (κ3) is 3.48. The predicted octanol–water partition coefficient (Wildman–Crippen LogP) is 2.85. The number of benzene rings is 1. The average Bonchev–Trinajstić information content (AvgIpc) is 2.41. The van der Waals surface area contributed by atoms with Crippen LogP contribution in [0.5, 0.6) is 0 Å². The fourth-order valence-electron chi connectivity index (χ4n) is 2.48. The zero-order chi connectivity index (χ0) is 14.7. The summed E-state index contributed by atoms with van der Waals surface area (Å²) in [6.07, 6.45) is 2.44. The van der Waals surface area contributed by atoms with Crippen LogP contribution in [-0.2, 0) is 4.79 Å². The predicted molar refractivity (Wildman–Crippen MR) is 72.3 cm³/mol. The van der Waals surface area contributed by atoms with E-state index in [4.69, 9.17) is 16.7 Å². The number of aliphatic carboxylic acids is 1. The molecule has 0 saturated heterocycles. The fourth-order valence-corrected chi connectivity index (χ4v) is 2.65. The summed E-state index contributed by atoms with van der Waals surface area (Å²) >= 11 is 5.74. The van der Waals surface area contributed by atoms with Crippen molar-refractivity contribution in [2.24, 2.45) is 5.92 Å². The van der Waals surface area contributed by atoms with Gasteiger partial charge in [0.1, 0.15) is 5.82 Å². The van der Waals surface area contributed by atoms with Crippen LogP contribution in [0.1, 0.15) is 36.0 Å². The molecule has 0 aliphatic heterocycles. The van der Waals surface area contributed by atoms with Crippen LogP contribution in [-0.4, -0.2) is 23.0 Å². The van der Waals surface area contributed by atoms with Crippen LogP contribution in [0.15, 0.2) is 18.2 Å². The van der Waals surface area contributed by atoms with E-state index in [2.05, 4.69) is 5.32 Å². The van der Waals surface area contributed by atoms with Gasteiger partial charge in [0, 0.05) is 11.1 Å². The number of carbonyl (C=O) groups excluding carboxylic acids is 1. The molecule has 4 nitrogen and oxygen atoms in total. The number of hydrogen-bond donors (Lipinski definition) is 2. The Balaban J connectivity index is 2.04. The minimum Gasteiger partial charge on any atom is -0.481 e. The highest BCUT2D eigenvalue weighted by atomic mass is 35.5. The maximum atomic E-state index is 13.6. The van der Waals surface area contributed by atoms with Crippen LogP contribution < -0.4 is 5.32 Å². The van der Waals surface area contributed by atoms with Gasteiger partial charge >= 0.3 is 5.97 Å². The second-order valence-electron chi connectivity index (χ2n) is 5.00. The van der Waals surface area contributed by atoms with E-state index in [9.17, 15) is 14.0 Å². The normalized spacial score (nSPS) is 22.3. The van der Waals surface area contributed by atoms with E-state index < -0.39 is 23.6 Å². The van der Waals surface area contributed by atoms with Gasteiger partial charge in [-0.2, -0.15) is 0 Å². The maximum Gasteiger partial charge on any atom is 0.306 e. The van der Waals surface area contributed by atoms with Gasteiger partial charge < -0.3 is 10.4 Å². The van der Waals surface area contributed by atoms with Gasteiger partial charge in [-0.1, -0.05) is 18.0 Å². The molecule has 0 spiro atoms. The Morgan fingerprint density at radius 3 is 2.80 bits per heavy atom. The molecule has 1 saturated carbocycles. The van der Waals surface area contributed by atoms with Crippen molar-refractivity contribution in [2.45, 2.75) is 31.7 Å². The summed E-state index contributed by atoms with van der Waals surface area (Å²) in [4.78, 5) is 23.0. The molecule has 1 aromatic carbocycles. The maximum absolute atomic E-state index is 13.6. The number of rotatable bonds is 3. The van der Waals surface area contributed by atoms with E-state index in [1.165, 1.54) is 12.1 Å². The Morgan fingerprint density at radius 1 is 1.35 bits per heavy atom. The van der Waals surface area contributed by atoms with Gasteiger partial charge in [-0.05, 0) is 37.5 Å². The molecule has 0 heterocycles. The third-order valence-corrected chi connectivity index (χ3v) is 3.77. The summed E-state index contributed by atoms with van der Waals surface area (Å²) in [5.74, 6) is -2.49. The molecule has 2 rings (SSSR count). The van der Waals surface area contributed by atoms with E-state index in [0.29, 0.717) is 19.3 Å². The monoisotopic (exact) mass is 299 g/mol. The first-order chi connectivity index (χ1) is 9.47. The Morgan fingerprint density at radius 2 is 2.10 bits per heavy atom.